The molecule has 0 amide bonds. The van der Waals surface area contributed by atoms with Gasteiger partial charge >= 0.3 is 12.0 Å². The van der Waals surface area contributed by atoms with E-state index in [0.717, 1.165) is 6.04 Å². The van der Waals surface area contributed by atoms with E-state index in [2.05, 4.69) is 29.6 Å². The number of aromatic nitrogens is 2. The Bertz CT molecular complexity index is 765. The predicted octanol–water partition coefficient (Wildman–Crippen LogP) is 3.63. The Hall–Kier alpha value is -1.96. The molecular weight excluding hydrogens is 360 g/mol. The Balaban J connectivity index is 2.17. The van der Waals surface area contributed by atoms with E-state index in [1.807, 2.05) is 0 Å². The first-order valence-electron chi connectivity index (χ1n) is 7.84. The van der Waals surface area contributed by atoms with Crippen molar-refractivity contribution in [3.8, 4) is 6.01 Å². The second kappa shape index (κ2) is 7.94. The molecule has 2 aromatic rings. The van der Waals surface area contributed by atoms with Gasteiger partial charge in [-0.3, -0.25) is 0 Å². The Kier molecular flexibility index (Phi) is 6.15. The van der Waals surface area contributed by atoms with Crippen molar-refractivity contribution in [2.75, 3.05) is 6.61 Å². The molecule has 0 saturated carbocycles. The molecule has 1 atom stereocenters. The topological polar surface area (TPSA) is 92.5 Å². The molecule has 2 rings (SSSR count). The number of hydrogen-bond donors (Lipinski definition) is 2. The minimum absolute atomic E-state index is 0.0705. The minimum Gasteiger partial charge on any atom is -0.478 e. The first-order chi connectivity index (χ1) is 11.7. The maximum atomic E-state index is 11.2. The average Bonchev–Trinajstić information content (AvgIpc) is 2.53. The highest BCUT2D eigenvalue weighted by Crippen LogP contribution is 2.26. The van der Waals surface area contributed by atoms with Crippen LogP contribution in [0, 0.1) is 0 Å². The van der Waals surface area contributed by atoms with Gasteiger partial charge in [0.2, 0.25) is 0 Å². The zero-order chi connectivity index (χ0) is 18.6. The van der Waals surface area contributed by atoms with Gasteiger partial charge < -0.3 is 14.9 Å². The molecule has 0 bridgehead atoms. The van der Waals surface area contributed by atoms with Crippen LogP contribution in [0.25, 0.3) is 0 Å². The molecule has 0 aliphatic rings. The van der Waals surface area contributed by atoms with Crippen LogP contribution in [0.4, 0.5) is 0 Å². The number of ether oxygens (including phenoxy) is 1. The molecule has 2 N–H and O–H groups in total. The lowest BCUT2D eigenvalue weighted by Crippen LogP contribution is -2.22. The number of aromatic carboxylic acids is 1. The maximum absolute atomic E-state index is 11.2. The van der Waals surface area contributed by atoms with Crippen molar-refractivity contribution >= 4 is 25.6 Å². The highest BCUT2D eigenvalue weighted by molar-refractivity contribution is 6.76. The second-order valence-corrected chi connectivity index (χ2v) is 12.9. The zero-order valence-corrected chi connectivity index (χ0v) is 16.1. The quantitative estimate of drug-likeness (QED) is 0.712. The standard InChI is InChI=1S/C17H21ClN2O4Si/c1-25(2,3)9-8-24-17-19-7-6-14(20-17)15(21)11-4-5-13(18)12(10-11)16(22)23/h4-7,10,15,21H,8-9H2,1-3H3,(H,22,23). The van der Waals surface area contributed by atoms with Gasteiger partial charge in [-0.15, -0.1) is 0 Å². The predicted molar refractivity (Wildman–Crippen MR) is 98.2 cm³/mol. The number of benzene rings is 1. The number of rotatable bonds is 7. The molecule has 1 aromatic carbocycles. The van der Waals surface area contributed by atoms with E-state index in [1.54, 1.807) is 12.1 Å². The van der Waals surface area contributed by atoms with Crippen LogP contribution in [-0.4, -0.2) is 40.8 Å². The summed E-state index contributed by atoms with van der Waals surface area (Å²) in [5.41, 5.74) is 0.643. The zero-order valence-electron chi connectivity index (χ0n) is 14.4. The molecule has 0 aliphatic carbocycles. The second-order valence-electron chi connectivity index (χ2n) is 6.87. The van der Waals surface area contributed by atoms with Crippen molar-refractivity contribution in [1.29, 1.82) is 0 Å². The van der Waals surface area contributed by atoms with Crippen LogP contribution in [0.15, 0.2) is 30.5 Å². The summed E-state index contributed by atoms with van der Waals surface area (Å²) in [6.45, 7) is 7.27. The van der Waals surface area contributed by atoms with Crippen molar-refractivity contribution in [3.05, 3.63) is 52.3 Å². The third kappa shape index (κ3) is 5.52. The fourth-order valence-corrected chi connectivity index (χ4v) is 2.98. The highest BCUT2D eigenvalue weighted by Gasteiger charge is 2.18. The molecule has 0 fully saturated rings. The third-order valence-electron chi connectivity index (χ3n) is 3.55. The normalized spacial score (nSPS) is 12.7. The van der Waals surface area contributed by atoms with Gasteiger partial charge in [0, 0.05) is 14.3 Å². The van der Waals surface area contributed by atoms with Gasteiger partial charge in [-0.05, 0) is 29.8 Å². The van der Waals surface area contributed by atoms with Gasteiger partial charge in [0.25, 0.3) is 0 Å². The number of carbonyl (C=O) groups is 1. The molecule has 8 heteroatoms. The summed E-state index contributed by atoms with van der Waals surface area (Å²) in [7, 11) is -1.22. The van der Waals surface area contributed by atoms with E-state index in [4.69, 9.17) is 21.4 Å². The lowest BCUT2D eigenvalue weighted by Gasteiger charge is -2.16. The lowest BCUT2D eigenvalue weighted by atomic mass is 10.0. The van der Waals surface area contributed by atoms with Crippen LogP contribution >= 0.6 is 11.6 Å². The average molecular weight is 381 g/mol. The molecule has 6 nitrogen and oxygen atoms in total. The van der Waals surface area contributed by atoms with Crippen molar-refractivity contribution in [1.82, 2.24) is 9.97 Å². The molecule has 1 aromatic heterocycles. The van der Waals surface area contributed by atoms with Crippen LogP contribution < -0.4 is 4.74 Å². The van der Waals surface area contributed by atoms with Crippen LogP contribution in [-0.2, 0) is 0 Å². The minimum atomic E-state index is -1.22. The van der Waals surface area contributed by atoms with Gasteiger partial charge in [-0.2, -0.15) is 4.98 Å². The molecule has 0 saturated heterocycles. The van der Waals surface area contributed by atoms with Crippen LogP contribution in [0.1, 0.15) is 27.7 Å². The van der Waals surface area contributed by atoms with Crippen molar-refractivity contribution in [2.45, 2.75) is 31.8 Å². The molecule has 25 heavy (non-hydrogen) atoms. The van der Waals surface area contributed by atoms with E-state index in [9.17, 15) is 9.90 Å². The summed E-state index contributed by atoms with van der Waals surface area (Å²) in [6.07, 6.45) is 0.404. The first-order valence-corrected chi connectivity index (χ1v) is 11.9. The number of hydrogen-bond acceptors (Lipinski definition) is 5. The third-order valence-corrected chi connectivity index (χ3v) is 5.59. The van der Waals surface area contributed by atoms with E-state index in [0.29, 0.717) is 17.9 Å². The Morgan fingerprint density at radius 3 is 2.68 bits per heavy atom. The summed E-state index contributed by atoms with van der Waals surface area (Å²) >= 11 is 5.86. The van der Waals surface area contributed by atoms with Gasteiger partial charge in [0.05, 0.1) is 22.9 Å². The lowest BCUT2D eigenvalue weighted by molar-refractivity contribution is 0.0696. The van der Waals surface area contributed by atoms with Gasteiger partial charge in [-0.25, -0.2) is 9.78 Å². The number of aliphatic hydroxyl groups excluding tert-OH is 1. The molecular formula is C17H21ClN2O4Si. The maximum Gasteiger partial charge on any atom is 0.337 e. The van der Waals surface area contributed by atoms with Crippen molar-refractivity contribution in [3.63, 3.8) is 0 Å². The Labute approximate surface area is 152 Å². The number of halogens is 1. The molecule has 134 valence electrons. The van der Waals surface area contributed by atoms with Gasteiger partial charge in [0.1, 0.15) is 6.10 Å². The fraction of sp³-hybridized carbons (Fsp3) is 0.353. The Morgan fingerprint density at radius 2 is 2.04 bits per heavy atom. The van der Waals surface area contributed by atoms with E-state index < -0.39 is 20.1 Å². The number of carboxylic acids is 1. The van der Waals surface area contributed by atoms with Crippen molar-refractivity contribution < 1.29 is 19.7 Å². The van der Waals surface area contributed by atoms with E-state index >= 15 is 0 Å². The fourth-order valence-electron chi connectivity index (χ4n) is 2.07. The summed E-state index contributed by atoms with van der Waals surface area (Å²) in [6, 6.07) is 7.07. The SMILES string of the molecule is C[Si](C)(C)CCOc1nccc(C(O)c2ccc(Cl)c(C(=O)O)c2)n1. The summed E-state index contributed by atoms with van der Waals surface area (Å²) < 4.78 is 5.58. The summed E-state index contributed by atoms with van der Waals surface area (Å²) in [5, 5.41) is 19.7. The van der Waals surface area contributed by atoms with Crippen LogP contribution in [0.3, 0.4) is 0 Å². The molecule has 1 heterocycles. The van der Waals surface area contributed by atoms with Gasteiger partial charge in [0.15, 0.2) is 0 Å². The summed E-state index contributed by atoms with van der Waals surface area (Å²) in [5.74, 6) is -1.16. The first kappa shape index (κ1) is 19.4. The smallest absolute Gasteiger partial charge is 0.337 e. The van der Waals surface area contributed by atoms with Crippen molar-refractivity contribution in [2.24, 2.45) is 0 Å². The molecule has 0 radical (unpaired) electrons. The number of nitrogens with zero attached hydrogens (tertiary/aromatic N) is 2. The monoisotopic (exact) mass is 380 g/mol. The van der Waals surface area contributed by atoms with E-state index in [1.165, 1.54) is 18.3 Å². The van der Waals surface area contributed by atoms with Crippen LogP contribution in [0.2, 0.25) is 30.7 Å². The molecule has 0 aliphatic heterocycles. The largest absolute Gasteiger partial charge is 0.478 e. The number of carboxylic acid groups (broad SMARTS) is 1. The highest BCUT2D eigenvalue weighted by atomic mass is 35.5. The molecule has 1 unspecified atom stereocenters. The number of aliphatic hydroxyl groups is 1. The van der Waals surface area contributed by atoms with Gasteiger partial charge in [-0.1, -0.05) is 37.3 Å². The van der Waals surface area contributed by atoms with Crippen LogP contribution in [0.5, 0.6) is 6.01 Å². The van der Waals surface area contributed by atoms with E-state index in [-0.39, 0.29) is 16.6 Å². The molecule has 0 spiro atoms. The summed E-state index contributed by atoms with van der Waals surface area (Å²) in [4.78, 5) is 19.4. The Morgan fingerprint density at radius 1 is 1.32 bits per heavy atom.